The van der Waals surface area contributed by atoms with Crippen molar-refractivity contribution in [2.45, 2.75) is 95.0 Å². The lowest BCUT2D eigenvalue weighted by atomic mass is 9.96. The number of thiazole rings is 1. The van der Waals surface area contributed by atoms with Crippen LogP contribution in [0, 0.1) is 11.8 Å². The molecule has 15 heteroatoms. The summed E-state index contributed by atoms with van der Waals surface area (Å²) >= 11 is 1.43. The largest absolute Gasteiger partial charge is 0.411 e. The Balaban J connectivity index is 1.56. The van der Waals surface area contributed by atoms with Crippen molar-refractivity contribution in [1.82, 2.24) is 24.8 Å². The van der Waals surface area contributed by atoms with Crippen LogP contribution in [0.1, 0.15) is 80.7 Å². The fourth-order valence-corrected chi connectivity index (χ4v) is 8.62. The van der Waals surface area contributed by atoms with Crippen LogP contribution in [0.5, 0.6) is 0 Å². The number of aliphatic hydroxyl groups is 1. The molecule has 6 N–H and O–H groups in total. The van der Waals surface area contributed by atoms with Crippen molar-refractivity contribution in [2.24, 2.45) is 22.7 Å². The summed E-state index contributed by atoms with van der Waals surface area (Å²) in [7, 11) is -2.43. The van der Waals surface area contributed by atoms with E-state index in [0.29, 0.717) is 17.7 Å². The summed E-state index contributed by atoms with van der Waals surface area (Å²) in [4.78, 5) is 33.5. The zero-order valence-corrected chi connectivity index (χ0v) is 32.0. The summed E-state index contributed by atoms with van der Waals surface area (Å²) in [6.07, 6.45) is 4.54. The molecule has 13 nitrogen and oxygen atoms in total. The minimum atomic E-state index is -4.06. The summed E-state index contributed by atoms with van der Waals surface area (Å²) in [6, 6.07) is 12.9. The van der Waals surface area contributed by atoms with Gasteiger partial charge in [-0.2, -0.15) is 4.31 Å². The lowest BCUT2D eigenvalue weighted by Gasteiger charge is -2.33. The molecular formula is C37H53N7O6S2. The van der Waals surface area contributed by atoms with E-state index in [9.17, 15) is 23.1 Å². The van der Waals surface area contributed by atoms with Gasteiger partial charge in [-0.1, -0.05) is 80.7 Å². The molecule has 0 unspecified atom stereocenters. The second-order valence-electron chi connectivity index (χ2n) is 13.8. The maximum Gasteiger partial charge on any atom is 0.318 e. The molecule has 1 aliphatic carbocycles. The van der Waals surface area contributed by atoms with Gasteiger partial charge in [-0.05, 0) is 61.3 Å². The molecule has 1 heterocycles. The maximum absolute atomic E-state index is 14.1. The number of sulfonamides is 1. The van der Waals surface area contributed by atoms with Gasteiger partial charge in [0, 0.05) is 25.5 Å². The van der Waals surface area contributed by atoms with Crippen molar-refractivity contribution in [3.05, 3.63) is 81.8 Å². The molecule has 3 aromatic rings. The van der Waals surface area contributed by atoms with Gasteiger partial charge >= 0.3 is 6.03 Å². The number of hydrogen-bond acceptors (Lipinski definition) is 10. The lowest BCUT2D eigenvalue weighted by Crippen LogP contribution is -2.58. The van der Waals surface area contributed by atoms with E-state index < -0.39 is 40.1 Å². The Morgan fingerprint density at radius 3 is 2.37 bits per heavy atom. The first kappa shape index (κ1) is 40.9. The Kier molecular flexibility index (Phi) is 15.1. The summed E-state index contributed by atoms with van der Waals surface area (Å²) in [6.45, 7) is 5.84. The van der Waals surface area contributed by atoms with E-state index in [4.69, 9.17) is 10.9 Å². The highest BCUT2D eigenvalue weighted by atomic mass is 32.2. The Morgan fingerprint density at radius 2 is 1.77 bits per heavy atom. The number of benzene rings is 2. The molecule has 3 amide bonds. The van der Waals surface area contributed by atoms with E-state index in [0.717, 1.165) is 36.3 Å². The van der Waals surface area contributed by atoms with Crippen LogP contribution >= 0.6 is 11.3 Å². The van der Waals surface area contributed by atoms with Crippen LogP contribution in [0.2, 0.25) is 0 Å². The first-order valence-corrected chi connectivity index (χ1v) is 20.2. The molecule has 5 atom stereocenters. The van der Waals surface area contributed by atoms with Gasteiger partial charge in [0.25, 0.3) is 0 Å². The lowest BCUT2D eigenvalue weighted by molar-refractivity contribution is -0.125. The Morgan fingerprint density at radius 1 is 1.10 bits per heavy atom. The SMILES string of the molecule is CC[C@H](C)[C@H](NC(=O)N(C)Cc1csc([C@@H](C)N)n1)C(=O)N[C@@H](Cc1ccccc1)[C@H](O)CN(CC1CCCC1)S(=O)(=O)c1ccc(C=NO)cc1. The second kappa shape index (κ2) is 19.3. The van der Waals surface area contributed by atoms with Crippen LogP contribution in [0.15, 0.2) is 70.0 Å². The van der Waals surface area contributed by atoms with E-state index >= 15 is 0 Å². The normalized spacial score (nSPS) is 16.8. The van der Waals surface area contributed by atoms with Crippen molar-refractivity contribution < 1.29 is 28.3 Å². The fraction of sp³-hybridized carbons (Fsp3) is 0.514. The average molecular weight is 756 g/mol. The minimum Gasteiger partial charge on any atom is -0.411 e. The molecule has 52 heavy (non-hydrogen) atoms. The van der Waals surface area contributed by atoms with E-state index in [1.165, 1.54) is 38.9 Å². The van der Waals surface area contributed by atoms with Gasteiger partial charge in [0.15, 0.2) is 0 Å². The van der Waals surface area contributed by atoms with E-state index in [2.05, 4.69) is 20.8 Å². The third-order valence-electron chi connectivity index (χ3n) is 9.62. The Bertz CT molecular complexity index is 1710. The number of nitrogens with zero attached hydrogens (tertiary/aromatic N) is 4. The van der Waals surface area contributed by atoms with Crippen LogP contribution in [-0.4, -0.2) is 89.4 Å². The maximum atomic E-state index is 14.1. The zero-order chi connectivity index (χ0) is 37.8. The van der Waals surface area contributed by atoms with Gasteiger partial charge in [0.05, 0.1) is 41.5 Å². The highest BCUT2D eigenvalue weighted by Gasteiger charge is 2.35. The number of aromatic nitrogens is 1. The summed E-state index contributed by atoms with van der Waals surface area (Å²) in [5.41, 5.74) is 8.02. The van der Waals surface area contributed by atoms with Crippen LogP contribution in [0.25, 0.3) is 0 Å². The second-order valence-corrected chi connectivity index (χ2v) is 16.6. The van der Waals surface area contributed by atoms with Crippen molar-refractivity contribution in [2.75, 3.05) is 20.1 Å². The molecule has 2 aromatic carbocycles. The molecule has 284 valence electrons. The molecule has 1 fully saturated rings. The topological polar surface area (TPSA) is 191 Å². The molecule has 4 rings (SSSR count). The van der Waals surface area contributed by atoms with Crippen molar-refractivity contribution in [3.63, 3.8) is 0 Å². The predicted molar refractivity (Wildman–Crippen MR) is 203 cm³/mol. The molecule has 0 radical (unpaired) electrons. The molecule has 0 spiro atoms. The third-order valence-corrected chi connectivity index (χ3v) is 12.6. The number of hydrogen-bond donors (Lipinski definition) is 5. The number of nitrogens with one attached hydrogen (secondary N) is 2. The van der Waals surface area contributed by atoms with Gasteiger partial charge in [-0.3, -0.25) is 4.79 Å². The molecule has 1 saturated carbocycles. The van der Waals surface area contributed by atoms with Crippen molar-refractivity contribution in [1.29, 1.82) is 0 Å². The van der Waals surface area contributed by atoms with Gasteiger partial charge in [0.1, 0.15) is 11.0 Å². The highest BCUT2D eigenvalue weighted by Crippen LogP contribution is 2.28. The average Bonchev–Trinajstić information content (AvgIpc) is 3.83. The van der Waals surface area contributed by atoms with Gasteiger partial charge in [0.2, 0.25) is 15.9 Å². The Hall–Kier alpha value is -3.89. The fourth-order valence-electron chi connectivity index (χ4n) is 6.32. The highest BCUT2D eigenvalue weighted by molar-refractivity contribution is 7.89. The van der Waals surface area contributed by atoms with Crippen LogP contribution in [0.3, 0.4) is 0 Å². The van der Waals surface area contributed by atoms with Crippen molar-refractivity contribution in [3.8, 4) is 0 Å². The monoisotopic (exact) mass is 755 g/mol. The first-order valence-electron chi connectivity index (χ1n) is 17.8. The number of aliphatic hydroxyl groups excluding tert-OH is 1. The first-order chi connectivity index (χ1) is 24.8. The molecule has 0 aliphatic heterocycles. The number of amides is 3. The van der Waals surface area contributed by atoms with Gasteiger partial charge in [-0.25, -0.2) is 18.2 Å². The number of urea groups is 1. The minimum absolute atomic E-state index is 0.0477. The molecule has 0 bridgehead atoms. The number of rotatable bonds is 18. The number of oxime groups is 1. The standard InChI is InChI=1S/C37H53N7O6S2/c1-5-25(2)34(42-37(47)43(4)22-30-24-51-36(40-30)26(3)38)35(46)41-32(19-27-11-7-6-8-12-27)33(45)23-44(21-29-13-9-10-14-29)52(49,50)31-17-15-28(16-18-31)20-39-48/h6-8,11-12,15-18,20,24-26,29,32-34,45,48H,5,9-10,13-14,19,21-23,38H2,1-4H3,(H,41,46)(H,42,47)/t25-,26+,32-,33+,34-/m0/s1. The van der Waals surface area contributed by atoms with Gasteiger partial charge in [-0.15, -0.1) is 11.3 Å². The zero-order valence-electron chi connectivity index (χ0n) is 30.4. The number of carbonyl (C=O) groups is 2. The van der Waals surface area contributed by atoms with Crippen LogP contribution < -0.4 is 16.4 Å². The van der Waals surface area contributed by atoms with Crippen LogP contribution in [0.4, 0.5) is 4.79 Å². The number of carbonyl (C=O) groups excluding carboxylic acids is 2. The third kappa shape index (κ3) is 11.3. The van der Waals surface area contributed by atoms with Gasteiger partial charge < -0.3 is 31.6 Å². The smallest absolute Gasteiger partial charge is 0.318 e. The molecule has 0 saturated heterocycles. The summed E-state index contributed by atoms with van der Waals surface area (Å²) in [5, 5.41) is 32.3. The Labute approximate surface area is 311 Å². The van der Waals surface area contributed by atoms with Crippen molar-refractivity contribution >= 4 is 39.5 Å². The van der Waals surface area contributed by atoms with E-state index in [1.54, 1.807) is 19.2 Å². The molecule has 1 aliphatic rings. The van der Waals surface area contributed by atoms with E-state index in [-0.39, 0.29) is 48.8 Å². The van der Waals surface area contributed by atoms with Crippen LogP contribution in [-0.2, 0) is 27.8 Å². The van der Waals surface area contributed by atoms with E-state index in [1.807, 2.05) is 56.5 Å². The molecule has 1 aromatic heterocycles. The quantitative estimate of drug-likeness (QED) is 0.0713. The summed E-state index contributed by atoms with van der Waals surface area (Å²) in [5.74, 6) is -0.592. The summed E-state index contributed by atoms with van der Waals surface area (Å²) < 4.78 is 29.5. The predicted octanol–water partition coefficient (Wildman–Crippen LogP) is 4.50. The molecular weight excluding hydrogens is 703 g/mol. The number of nitrogens with two attached hydrogens (primary N) is 1.